The zero-order valence-electron chi connectivity index (χ0n) is 19.0. The summed E-state index contributed by atoms with van der Waals surface area (Å²) in [5, 5.41) is 3.82. The second kappa shape index (κ2) is 9.03. The molecule has 0 bridgehead atoms. The molecule has 0 aliphatic carbocycles. The Morgan fingerprint density at radius 3 is 2.39 bits per heavy atom. The third kappa shape index (κ3) is 4.32. The second-order valence-corrected chi connectivity index (χ2v) is 8.42. The number of aromatic nitrogens is 3. The van der Waals surface area contributed by atoms with E-state index in [-0.39, 0.29) is 5.56 Å². The van der Waals surface area contributed by atoms with Crippen LogP contribution in [0.25, 0.3) is 22.0 Å². The van der Waals surface area contributed by atoms with Crippen LogP contribution in [0.2, 0.25) is 0 Å². The first-order chi connectivity index (χ1) is 16.1. The van der Waals surface area contributed by atoms with Gasteiger partial charge in [-0.3, -0.25) is 4.79 Å². The van der Waals surface area contributed by atoms with Crippen LogP contribution in [0.4, 0.5) is 17.3 Å². The highest BCUT2D eigenvalue weighted by Gasteiger charge is 2.15. The fourth-order valence-electron chi connectivity index (χ4n) is 4.25. The van der Waals surface area contributed by atoms with Crippen LogP contribution in [-0.2, 0) is 6.54 Å². The van der Waals surface area contributed by atoms with E-state index in [9.17, 15) is 4.79 Å². The van der Waals surface area contributed by atoms with Crippen molar-refractivity contribution in [2.75, 3.05) is 43.4 Å². The van der Waals surface area contributed by atoms with E-state index < -0.39 is 0 Å². The number of piperazine rings is 1. The number of anilines is 3. The molecular formula is C26H28N6O. The summed E-state index contributed by atoms with van der Waals surface area (Å²) in [6, 6.07) is 18.4. The Balaban J connectivity index is 1.46. The van der Waals surface area contributed by atoms with Crippen molar-refractivity contribution in [3.05, 3.63) is 77.3 Å². The standard InChI is InChI=1S/C26H28N6O/c1-3-31-18-23(19-7-5-4-6-8-19)24-22(25(31)33)17-27-26(29-24)28-20-9-11-21(12-10-20)32-15-13-30(2)14-16-32/h4-12,17-18H,3,13-16H2,1-2H3,(H,27,28,29). The molecule has 33 heavy (non-hydrogen) atoms. The van der Waals surface area contributed by atoms with Gasteiger partial charge in [-0.2, -0.15) is 0 Å². The number of rotatable bonds is 5. The van der Waals surface area contributed by atoms with Crippen molar-refractivity contribution in [1.82, 2.24) is 19.4 Å². The molecule has 0 amide bonds. The van der Waals surface area contributed by atoms with Crippen LogP contribution in [0, 0.1) is 0 Å². The predicted octanol–water partition coefficient (Wildman–Crippen LogP) is 3.97. The molecule has 1 saturated heterocycles. The fourth-order valence-corrected chi connectivity index (χ4v) is 4.25. The Morgan fingerprint density at radius 2 is 1.70 bits per heavy atom. The number of pyridine rings is 1. The van der Waals surface area contributed by atoms with E-state index in [0.717, 1.165) is 43.0 Å². The molecule has 5 rings (SSSR count). The van der Waals surface area contributed by atoms with E-state index in [1.165, 1.54) is 5.69 Å². The SMILES string of the molecule is CCn1cc(-c2ccccc2)c2nc(Nc3ccc(N4CCN(C)CC4)cc3)ncc2c1=O. The van der Waals surface area contributed by atoms with Gasteiger partial charge in [0.05, 0.1) is 10.9 Å². The summed E-state index contributed by atoms with van der Waals surface area (Å²) in [7, 11) is 2.16. The van der Waals surface area contributed by atoms with Crippen molar-refractivity contribution in [2.45, 2.75) is 13.5 Å². The summed E-state index contributed by atoms with van der Waals surface area (Å²) < 4.78 is 1.71. The zero-order chi connectivity index (χ0) is 22.8. The molecular weight excluding hydrogens is 412 g/mol. The first-order valence-corrected chi connectivity index (χ1v) is 11.4. The van der Waals surface area contributed by atoms with E-state index in [0.29, 0.717) is 23.4 Å². The molecule has 1 fully saturated rings. The summed E-state index contributed by atoms with van der Waals surface area (Å²) in [6.07, 6.45) is 3.52. The first kappa shape index (κ1) is 21.2. The normalized spacial score (nSPS) is 14.5. The third-order valence-corrected chi connectivity index (χ3v) is 6.24. The second-order valence-electron chi connectivity index (χ2n) is 8.42. The van der Waals surface area contributed by atoms with Crippen LogP contribution in [0.5, 0.6) is 0 Å². The molecule has 0 atom stereocenters. The number of hydrogen-bond donors (Lipinski definition) is 1. The largest absolute Gasteiger partial charge is 0.369 e. The van der Waals surface area contributed by atoms with E-state index in [4.69, 9.17) is 4.98 Å². The molecule has 1 aliphatic rings. The van der Waals surface area contributed by atoms with Gasteiger partial charge in [0, 0.05) is 62.1 Å². The molecule has 2 aromatic carbocycles. The molecule has 0 saturated carbocycles. The van der Waals surface area contributed by atoms with Gasteiger partial charge in [-0.05, 0) is 43.8 Å². The van der Waals surface area contributed by atoms with Crippen molar-refractivity contribution in [1.29, 1.82) is 0 Å². The zero-order valence-corrected chi connectivity index (χ0v) is 19.0. The summed E-state index contributed by atoms with van der Waals surface area (Å²) in [5.41, 5.74) is 4.65. The summed E-state index contributed by atoms with van der Waals surface area (Å²) in [4.78, 5) is 26.8. The van der Waals surface area contributed by atoms with Crippen LogP contribution >= 0.6 is 0 Å². The summed E-state index contributed by atoms with van der Waals surface area (Å²) in [5.74, 6) is 0.473. The van der Waals surface area contributed by atoms with Gasteiger partial charge in [-0.15, -0.1) is 0 Å². The van der Waals surface area contributed by atoms with Gasteiger partial charge in [0.2, 0.25) is 5.95 Å². The molecule has 2 aromatic heterocycles. The average molecular weight is 441 g/mol. The lowest BCUT2D eigenvalue weighted by Gasteiger charge is -2.34. The highest BCUT2D eigenvalue weighted by atomic mass is 16.1. The molecule has 168 valence electrons. The number of aryl methyl sites for hydroxylation is 1. The van der Waals surface area contributed by atoms with Crippen LogP contribution in [0.1, 0.15) is 6.92 Å². The summed E-state index contributed by atoms with van der Waals surface area (Å²) >= 11 is 0. The first-order valence-electron chi connectivity index (χ1n) is 11.4. The smallest absolute Gasteiger partial charge is 0.261 e. The predicted molar refractivity (Wildman–Crippen MR) is 134 cm³/mol. The lowest BCUT2D eigenvalue weighted by Crippen LogP contribution is -2.44. The molecule has 3 heterocycles. The molecule has 1 N–H and O–H groups in total. The van der Waals surface area contributed by atoms with Crippen molar-refractivity contribution in [3.63, 3.8) is 0 Å². The minimum atomic E-state index is -0.0738. The van der Waals surface area contributed by atoms with Gasteiger partial charge in [0.1, 0.15) is 0 Å². The molecule has 0 unspecified atom stereocenters. The molecule has 0 spiro atoms. The van der Waals surface area contributed by atoms with E-state index >= 15 is 0 Å². The highest BCUT2D eigenvalue weighted by Crippen LogP contribution is 2.27. The van der Waals surface area contributed by atoms with Gasteiger partial charge < -0.3 is 19.7 Å². The molecule has 0 radical (unpaired) electrons. The molecule has 7 nitrogen and oxygen atoms in total. The molecule has 1 aliphatic heterocycles. The Bertz CT molecular complexity index is 1310. The average Bonchev–Trinajstić information content (AvgIpc) is 2.86. The van der Waals surface area contributed by atoms with Crippen LogP contribution in [-0.4, -0.2) is 52.7 Å². The van der Waals surface area contributed by atoms with E-state index in [2.05, 4.69) is 39.3 Å². The maximum absolute atomic E-state index is 12.9. The Kier molecular flexibility index (Phi) is 5.79. The number of nitrogens with one attached hydrogen (secondary N) is 1. The fraction of sp³-hybridized carbons (Fsp3) is 0.269. The number of fused-ring (bicyclic) bond motifs is 1. The van der Waals surface area contributed by atoms with Crippen molar-refractivity contribution < 1.29 is 0 Å². The van der Waals surface area contributed by atoms with E-state index in [1.54, 1.807) is 10.8 Å². The number of nitrogens with zero attached hydrogens (tertiary/aromatic N) is 5. The third-order valence-electron chi connectivity index (χ3n) is 6.24. The van der Waals surface area contributed by atoms with E-state index in [1.807, 2.05) is 55.6 Å². The quantitative estimate of drug-likeness (QED) is 0.507. The topological polar surface area (TPSA) is 66.3 Å². The maximum atomic E-state index is 12.9. The number of hydrogen-bond acceptors (Lipinski definition) is 6. The minimum absolute atomic E-state index is 0.0738. The lowest BCUT2D eigenvalue weighted by molar-refractivity contribution is 0.313. The molecule has 4 aromatic rings. The van der Waals surface area contributed by atoms with Crippen LogP contribution in [0.3, 0.4) is 0 Å². The van der Waals surface area contributed by atoms with Gasteiger partial charge in [0.25, 0.3) is 5.56 Å². The Morgan fingerprint density at radius 1 is 0.970 bits per heavy atom. The maximum Gasteiger partial charge on any atom is 0.261 e. The number of benzene rings is 2. The van der Waals surface area contributed by atoms with Gasteiger partial charge in [0.15, 0.2) is 0 Å². The Labute approximate surface area is 193 Å². The van der Waals surface area contributed by atoms with Crippen LogP contribution < -0.4 is 15.8 Å². The number of likely N-dealkylation sites (N-methyl/N-ethyl adjacent to an activating group) is 1. The molecule has 7 heteroatoms. The van der Waals surface area contributed by atoms with Gasteiger partial charge in [-0.1, -0.05) is 30.3 Å². The lowest BCUT2D eigenvalue weighted by atomic mass is 10.1. The monoisotopic (exact) mass is 440 g/mol. The van der Waals surface area contributed by atoms with Gasteiger partial charge in [-0.25, -0.2) is 9.97 Å². The van der Waals surface area contributed by atoms with Crippen molar-refractivity contribution in [3.8, 4) is 11.1 Å². The van der Waals surface area contributed by atoms with Crippen molar-refractivity contribution >= 4 is 28.2 Å². The van der Waals surface area contributed by atoms with Gasteiger partial charge >= 0.3 is 0 Å². The Hall–Kier alpha value is -3.71. The minimum Gasteiger partial charge on any atom is -0.369 e. The van der Waals surface area contributed by atoms with Crippen LogP contribution in [0.15, 0.2) is 71.8 Å². The summed E-state index contributed by atoms with van der Waals surface area (Å²) in [6.45, 7) is 6.78. The highest BCUT2D eigenvalue weighted by molar-refractivity contribution is 5.93. The van der Waals surface area contributed by atoms with Crippen molar-refractivity contribution in [2.24, 2.45) is 0 Å².